The number of hydrogen-bond acceptors (Lipinski definition) is 2. The van der Waals surface area contributed by atoms with E-state index in [9.17, 15) is 0 Å². The van der Waals surface area contributed by atoms with Gasteiger partial charge >= 0.3 is 0 Å². The molecule has 0 unspecified atom stereocenters. The van der Waals surface area contributed by atoms with E-state index in [0.29, 0.717) is 0 Å². The first-order valence-electron chi connectivity index (χ1n) is 7.49. The number of para-hydroxylation sites is 1. The van der Waals surface area contributed by atoms with Gasteiger partial charge in [0.2, 0.25) is 0 Å². The first kappa shape index (κ1) is 13.2. The smallest absolute Gasteiger partial charge is 0.135 e. The van der Waals surface area contributed by atoms with Gasteiger partial charge in [-0.05, 0) is 56.1 Å². The van der Waals surface area contributed by atoms with Gasteiger partial charge in [-0.2, -0.15) is 0 Å². The third kappa shape index (κ3) is 2.70. The van der Waals surface area contributed by atoms with Gasteiger partial charge in [0.1, 0.15) is 11.2 Å². The molecule has 2 aromatic carbocycles. The van der Waals surface area contributed by atoms with E-state index in [-0.39, 0.29) is 0 Å². The third-order valence-corrected chi connectivity index (χ3v) is 3.76. The van der Waals surface area contributed by atoms with Crippen LogP contribution in [0.5, 0.6) is 0 Å². The van der Waals surface area contributed by atoms with Gasteiger partial charge in [-0.1, -0.05) is 31.2 Å². The number of fused-ring (bicyclic) bond motifs is 3. The molecule has 0 amide bonds. The minimum atomic E-state index is 0.979. The van der Waals surface area contributed by atoms with Gasteiger partial charge in [0.25, 0.3) is 0 Å². The van der Waals surface area contributed by atoms with Crippen LogP contribution in [0, 0.1) is 0 Å². The number of unbranched alkanes of at least 4 members (excludes halogenated alkanes) is 1. The van der Waals surface area contributed by atoms with Crippen molar-refractivity contribution in [1.29, 1.82) is 0 Å². The summed E-state index contributed by atoms with van der Waals surface area (Å²) in [4.78, 5) is 0. The van der Waals surface area contributed by atoms with Crippen LogP contribution in [0.3, 0.4) is 0 Å². The Kier molecular flexibility index (Phi) is 4.03. The highest BCUT2D eigenvalue weighted by molar-refractivity contribution is 6.04. The second kappa shape index (κ2) is 6.10. The summed E-state index contributed by atoms with van der Waals surface area (Å²) in [6.07, 6.45) is 3.60. The molecule has 0 aliphatic carbocycles. The number of hydrogen-bond donors (Lipinski definition) is 1. The molecule has 0 radical (unpaired) electrons. The first-order valence-corrected chi connectivity index (χ1v) is 7.49. The molecule has 3 rings (SSSR count). The van der Waals surface area contributed by atoms with E-state index in [4.69, 9.17) is 4.42 Å². The van der Waals surface area contributed by atoms with Crippen molar-refractivity contribution in [3.05, 3.63) is 48.0 Å². The summed E-state index contributed by atoms with van der Waals surface area (Å²) < 4.78 is 5.85. The Labute approximate surface area is 119 Å². The Hall–Kier alpha value is -1.80. The summed E-state index contributed by atoms with van der Waals surface area (Å²) in [5, 5.41) is 5.83. The first-order chi connectivity index (χ1) is 9.88. The normalized spacial score (nSPS) is 11.4. The largest absolute Gasteiger partial charge is 0.456 e. The molecule has 104 valence electrons. The monoisotopic (exact) mass is 267 g/mol. The third-order valence-electron chi connectivity index (χ3n) is 3.76. The molecule has 0 saturated heterocycles. The second-order valence-corrected chi connectivity index (χ2v) is 5.24. The van der Waals surface area contributed by atoms with E-state index in [1.165, 1.54) is 29.2 Å². The molecule has 0 saturated carbocycles. The molecule has 2 heteroatoms. The van der Waals surface area contributed by atoms with Crippen LogP contribution in [-0.4, -0.2) is 13.1 Å². The summed E-state index contributed by atoms with van der Waals surface area (Å²) in [5.74, 6) is 0. The van der Waals surface area contributed by atoms with Gasteiger partial charge < -0.3 is 9.73 Å². The molecule has 0 atom stereocenters. The molecule has 0 aliphatic rings. The molecule has 0 bridgehead atoms. The van der Waals surface area contributed by atoms with Crippen molar-refractivity contribution < 1.29 is 4.42 Å². The maximum absolute atomic E-state index is 5.85. The molecule has 1 aromatic heterocycles. The Bertz CT molecular complexity index is 699. The molecule has 0 fully saturated rings. The molecular weight excluding hydrogens is 246 g/mol. The molecule has 3 aromatic rings. The average Bonchev–Trinajstić information content (AvgIpc) is 2.85. The van der Waals surface area contributed by atoms with Crippen LogP contribution in [0.1, 0.15) is 25.3 Å². The van der Waals surface area contributed by atoms with Crippen LogP contribution in [0.4, 0.5) is 0 Å². The lowest BCUT2D eigenvalue weighted by Crippen LogP contribution is -2.13. The highest BCUT2D eigenvalue weighted by Gasteiger charge is 2.06. The standard InChI is InChI=1S/C18H21NO/c1-2-19-12-6-5-7-14-10-11-18-16(13-14)15-8-3-4-9-17(15)20-18/h3-4,8-11,13,19H,2,5-7,12H2,1H3. The van der Waals surface area contributed by atoms with Crippen molar-refractivity contribution >= 4 is 21.9 Å². The minimum absolute atomic E-state index is 0.979. The van der Waals surface area contributed by atoms with Crippen LogP contribution < -0.4 is 5.32 Å². The van der Waals surface area contributed by atoms with Gasteiger partial charge in [-0.15, -0.1) is 0 Å². The lowest BCUT2D eigenvalue weighted by molar-refractivity contribution is 0.640. The number of aryl methyl sites for hydroxylation is 1. The zero-order valence-corrected chi connectivity index (χ0v) is 12.0. The van der Waals surface area contributed by atoms with E-state index < -0.39 is 0 Å². The fourth-order valence-electron chi connectivity index (χ4n) is 2.68. The summed E-state index contributed by atoms with van der Waals surface area (Å²) in [5.41, 5.74) is 3.37. The molecule has 0 spiro atoms. The summed E-state index contributed by atoms with van der Waals surface area (Å²) in [6.45, 7) is 4.33. The maximum Gasteiger partial charge on any atom is 0.135 e. The van der Waals surface area contributed by atoms with Crippen molar-refractivity contribution in [3.63, 3.8) is 0 Å². The van der Waals surface area contributed by atoms with Crippen LogP contribution in [0.15, 0.2) is 46.9 Å². The Morgan fingerprint density at radius 3 is 2.70 bits per heavy atom. The Balaban J connectivity index is 1.77. The minimum Gasteiger partial charge on any atom is -0.456 e. The predicted molar refractivity (Wildman–Crippen MR) is 85.2 cm³/mol. The predicted octanol–water partition coefficient (Wildman–Crippen LogP) is 4.52. The molecule has 20 heavy (non-hydrogen) atoms. The maximum atomic E-state index is 5.85. The topological polar surface area (TPSA) is 25.2 Å². The summed E-state index contributed by atoms with van der Waals surface area (Å²) in [6, 6.07) is 14.8. The molecule has 1 heterocycles. The SMILES string of the molecule is CCNCCCCc1ccc2oc3ccccc3c2c1. The van der Waals surface area contributed by atoms with Gasteiger partial charge in [0.15, 0.2) is 0 Å². The van der Waals surface area contributed by atoms with E-state index in [0.717, 1.165) is 30.7 Å². The number of furan rings is 1. The number of rotatable bonds is 6. The van der Waals surface area contributed by atoms with E-state index in [2.05, 4.69) is 42.6 Å². The van der Waals surface area contributed by atoms with Gasteiger partial charge in [-0.25, -0.2) is 0 Å². The second-order valence-electron chi connectivity index (χ2n) is 5.24. The highest BCUT2D eigenvalue weighted by Crippen LogP contribution is 2.29. The van der Waals surface area contributed by atoms with Crippen molar-refractivity contribution in [1.82, 2.24) is 5.32 Å². The van der Waals surface area contributed by atoms with E-state index in [1.807, 2.05) is 12.1 Å². The quantitative estimate of drug-likeness (QED) is 0.664. The zero-order chi connectivity index (χ0) is 13.8. The van der Waals surface area contributed by atoms with Gasteiger partial charge in [-0.3, -0.25) is 0 Å². The van der Waals surface area contributed by atoms with Crippen molar-refractivity contribution in [3.8, 4) is 0 Å². The average molecular weight is 267 g/mol. The van der Waals surface area contributed by atoms with Crippen LogP contribution in [0.2, 0.25) is 0 Å². The van der Waals surface area contributed by atoms with E-state index >= 15 is 0 Å². The molecule has 2 nitrogen and oxygen atoms in total. The van der Waals surface area contributed by atoms with Crippen LogP contribution >= 0.6 is 0 Å². The zero-order valence-electron chi connectivity index (χ0n) is 12.0. The Morgan fingerprint density at radius 2 is 1.80 bits per heavy atom. The number of nitrogens with one attached hydrogen (secondary N) is 1. The molecule has 0 aliphatic heterocycles. The van der Waals surface area contributed by atoms with Crippen molar-refractivity contribution in [2.45, 2.75) is 26.2 Å². The van der Waals surface area contributed by atoms with Gasteiger partial charge in [0, 0.05) is 10.8 Å². The lowest BCUT2D eigenvalue weighted by atomic mass is 10.0. The molecular formula is C18H21NO. The fraction of sp³-hybridized carbons (Fsp3) is 0.333. The van der Waals surface area contributed by atoms with E-state index in [1.54, 1.807) is 0 Å². The van der Waals surface area contributed by atoms with Crippen LogP contribution in [0.25, 0.3) is 21.9 Å². The fourth-order valence-corrected chi connectivity index (χ4v) is 2.68. The Morgan fingerprint density at radius 1 is 0.950 bits per heavy atom. The molecule has 1 N–H and O–H groups in total. The number of benzene rings is 2. The summed E-state index contributed by atoms with van der Waals surface area (Å²) >= 11 is 0. The highest BCUT2D eigenvalue weighted by atomic mass is 16.3. The lowest BCUT2D eigenvalue weighted by Gasteiger charge is -2.03. The van der Waals surface area contributed by atoms with Crippen molar-refractivity contribution in [2.75, 3.05) is 13.1 Å². The summed E-state index contributed by atoms with van der Waals surface area (Å²) in [7, 11) is 0. The van der Waals surface area contributed by atoms with Gasteiger partial charge in [0.05, 0.1) is 0 Å². The van der Waals surface area contributed by atoms with Crippen LogP contribution in [-0.2, 0) is 6.42 Å². The van der Waals surface area contributed by atoms with Crippen molar-refractivity contribution in [2.24, 2.45) is 0 Å².